The Kier molecular flexibility index (Phi) is 3.23. The van der Waals surface area contributed by atoms with Crippen molar-refractivity contribution in [2.75, 3.05) is 26.4 Å². The SMILES string of the molecule is NC1COCC1C(=O)N1CCC[C@H]1CO. The maximum absolute atomic E-state index is 12.1. The third-order valence-electron chi connectivity index (χ3n) is 3.31. The van der Waals surface area contributed by atoms with Gasteiger partial charge in [-0.3, -0.25) is 4.79 Å². The molecule has 0 aromatic rings. The smallest absolute Gasteiger partial charge is 0.230 e. The van der Waals surface area contributed by atoms with Crippen molar-refractivity contribution in [2.24, 2.45) is 11.7 Å². The van der Waals surface area contributed by atoms with Crippen LogP contribution in [0.4, 0.5) is 0 Å². The summed E-state index contributed by atoms with van der Waals surface area (Å²) >= 11 is 0. The topological polar surface area (TPSA) is 75.8 Å². The number of carbonyl (C=O) groups is 1. The van der Waals surface area contributed by atoms with Crippen LogP contribution in [0.1, 0.15) is 12.8 Å². The average Bonchev–Trinajstić information content (AvgIpc) is 2.84. The first-order chi connectivity index (χ1) is 7.24. The molecule has 5 nitrogen and oxygen atoms in total. The molecule has 1 amide bonds. The summed E-state index contributed by atoms with van der Waals surface area (Å²) in [6.07, 6.45) is 1.87. The molecule has 0 aromatic heterocycles. The van der Waals surface area contributed by atoms with Crippen LogP contribution in [0.2, 0.25) is 0 Å². The zero-order chi connectivity index (χ0) is 10.8. The molecule has 2 heterocycles. The summed E-state index contributed by atoms with van der Waals surface area (Å²) in [4.78, 5) is 13.8. The fourth-order valence-corrected chi connectivity index (χ4v) is 2.35. The van der Waals surface area contributed by atoms with Gasteiger partial charge in [-0.05, 0) is 12.8 Å². The van der Waals surface area contributed by atoms with Crippen molar-refractivity contribution in [1.82, 2.24) is 4.90 Å². The summed E-state index contributed by atoms with van der Waals surface area (Å²) in [7, 11) is 0. The molecule has 86 valence electrons. The molecule has 2 fully saturated rings. The maximum atomic E-state index is 12.1. The molecule has 0 aromatic carbocycles. The molecule has 5 heteroatoms. The summed E-state index contributed by atoms with van der Waals surface area (Å²) in [5, 5.41) is 9.14. The minimum absolute atomic E-state index is 0.00898. The van der Waals surface area contributed by atoms with Crippen LogP contribution in [0, 0.1) is 5.92 Å². The molecule has 2 aliphatic rings. The summed E-state index contributed by atoms with van der Waals surface area (Å²) in [5.41, 5.74) is 5.80. The van der Waals surface area contributed by atoms with E-state index in [1.807, 2.05) is 0 Å². The number of rotatable bonds is 2. The Labute approximate surface area is 89.2 Å². The number of hydrogen-bond donors (Lipinski definition) is 2. The lowest BCUT2D eigenvalue weighted by Gasteiger charge is -2.26. The summed E-state index contributed by atoms with van der Waals surface area (Å²) in [5.74, 6) is -0.159. The molecule has 2 rings (SSSR count). The first-order valence-electron chi connectivity index (χ1n) is 5.48. The first kappa shape index (κ1) is 10.9. The quantitative estimate of drug-likeness (QED) is 0.614. The number of nitrogens with zero attached hydrogens (tertiary/aromatic N) is 1. The van der Waals surface area contributed by atoms with E-state index in [1.54, 1.807) is 4.90 Å². The van der Waals surface area contributed by atoms with E-state index >= 15 is 0 Å². The second-order valence-corrected chi connectivity index (χ2v) is 4.32. The monoisotopic (exact) mass is 214 g/mol. The van der Waals surface area contributed by atoms with Crippen molar-refractivity contribution in [3.8, 4) is 0 Å². The van der Waals surface area contributed by atoms with Gasteiger partial charge in [0.05, 0.1) is 31.8 Å². The lowest BCUT2D eigenvalue weighted by atomic mass is 10.0. The Morgan fingerprint density at radius 2 is 2.33 bits per heavy atom. The largest absolute Gasteiger partial charge is 0.394 e. The predicted molar refractivity (Wildman–Crippen MR) is 54.1 cm³/mol. The number of ether oxygens (including phenoxy) is 1. The molecule has 2 unspecified atom stereocenters. The molecule has 0 spiro atoms. The highest BCUT2D eigenvalue weighted by Crippen LogP contribution is 2.22. The molecular weight excluding hydrogens is 196 g/mol. The molecule has 0 saturated carbocycles. The minimum Gasteiger partial charge on any atom is -0.394 e. The van der Waals surface area contributed by atoms with E-state index in [4.69, 9.17) is 15.6 Å². The Morgan fingerprint density at radius 1 is 1.53 bits per heavy atom. The van der Waals surface area contributed by atoms with Gasteiger partial charge in [-0.15, -0.1) is 0 Å². The lowest BCUT2D eigenvalue weighted by Crippen LogP contribution is -2.46. The van der Waals surface area contributed by atoms with E-state index in [0.717, 1.165) is 19.4 Å². The summed E-state index contributed by atoms with van der Waals surface area (Å²) in [6.45, 7) is 1.69. The Bertz CT molecular complexity index is 247. The third-order valence-corrected chi connectivity index (χ3v) is 3.31. The standard InChI is InChI=1S/C10H18N2O3/c11-9-6-15-5-8(9)10(14)12-3-1-2-7(12)4-13/h7-9,13H,1-6,11H2/t7-,8?,9?/m0/s1. The van der Waals surface area contributed by atoms with E-state index < -0.39 is 0 Å². The molecule has 0 radical (unpaired) electrons. The number of hydrogen-bond acceptors (Lipinski definition) is 4. The van der Waals surface area contributed by atoms with E-state index in [-0.39, 0.29) is 30.5 Å². The Morgan fingerprint density at radius 3 is 2.93 bits per heavy atom. The fourth-order valence-electron chi connectivity index (χ4n) is 2.35. The van der Waals surface area contributed by atoms with Crippen molar-refractivity contribution in [1.29, 1.82) is 0 Å². The van der Waals surface area contributed by atoms with Gasteiger partial charge in [-0.1, -0.05) is 0 Å². The molecule has 2 saturated heterocycles. The minimum atomic E-state index is -0.211. The second-order valence-electron chi connectivity index (χ2n) is 4.32. The van der Waals surface area contributed by atoms with Crippen LogP contribution in [0.25, 0.3) is 0 Å². The summed E-state index contributed by atoms with van der Waals surface area (Å²) < 4.78 is 5.18. The van der Waals surface area contributed by atoms with Gasteiger partial charge in [-0.2, -0.15) is 0 Å². The van der Waals surface area contributed by atoms with E-state index in [1.165, 1.54) is 0 Å². The van der Waals surface area contributed by atoms with Crippen LogP contribution in [0.15, 0.2) is 0 Å². The van der Waals surface area contributed by atoms with Gasteiger partial charge in [0.2, 0.25) is 5.91 Å². The zero-order valence-electron chi connectivity index (χ0n) is 8.76. The van der Waals surface area contributed by atoms with Crippen LogP contribution in [0.5, 0.6) is 0 Å². The third kappa shape index (κ3) is 2.00. The van der Waals surface area contributed by atoms with Crippen LogP contribution in [-0.4, -0.2) is 54.4 Å². The summed E-state index contributed by atoms with van der Waals surface area (Å²) in [6, 6.07) is -0.192. The molecule has 3 atom stereocenters. The van der Waals surface area contributed by atoms with E-state index in [0.29, 0.717) is 13.2 Å². The van der Waals surface area contributed by atoms with Crippen molar-refractivity contribution < 1.29 is 14.6 Å². The number of nitrogens with two attached hydrogens (primary N) is 1. The number of carbonyl (C=O) groups excluding carboxylic acids is 1. The van der Waals surface area contributed by atoms with Crippen molar-refractivity contribution in [3.05, 3.63) is 0 Å². The molecule has 3 N–H and O–H groups in total. The first-order valence-corrected chi connectivity index (χ1v) is 5.48. The molecule has 2 aliphatic heterocycles. The van der Waals surface area contributed by atoms with Crippen LogP contribution < -0.4 is 5.73 Å². The highest BCUT2D eigenvalue weighted by Gasteiger charge is 2.38. The number of aliphatic hydroxyl groups is 1. The highest BCUT2D eigenvalue weighted by molar-refractivity contribution is 5.80. The van der Waals surface area contributed by atoms with Crippen LogP contribution in [-0.2, 0) is 9.53 Å². The Hall–Kier alpha value is -0.650. The number of aliphatic hydroxyl groups excluding tert-OH is 1. The van der Waals surface area contributed by atoms with Gasteiger partial charge in [0.1, 0.15) is 0 Å². The molecule has 0 bridgehead atoms. The lowest BCUT2D eigenvalue weighted by molar-refractivity contribution is -0.137. The molecule has 15 heavy (non-hydrogen) atoms. The highest BCUT2D eigenvalue weighted by atomic mass is 16.5. The van der Waals surface area contributed by atoms with Gasteiger partial charge >= 0.3 is 0 Å². The second kappa shape index (κ2) is 4.47. The van der Waals surface area contributed by atoms with Crippen LogP contribution in [0.3, 0.4) is 0 Å². The predicted octanol–water partition coefficient (Wildman–Crippen LogP) is -1.06. The average molecular weight is 214 g/mol. The molecular formula is C10H18N2O3. The normalized spacial score (nSPS) is 36.1. The van der Waals surface area contributed by atoms with E-state index in [9.17, 15) is 4.79 Å². The van der Waals surface area contributed by atoms with Crippen molar-refractivity contribution in [3.63, 3.8) is 0 Å². The van der Waals surface area contributed by atoms with Crippen molar-refractivity contribution in [2.45, 2.75) is 24.9 Å². The van der Waals surface area contributed by atoms with Crippen molar-refractivity contribution >= 4 is 5.91 Å². The molecule has 0 aliphatic carbocycles. The zero-order valence-corrected chi connectivity index (χ0v) is 8.76. The van der Waals surface area contributed by atoms with Crippen LogP contribution >= 0.6 is 0 Å². The van der Waals surface area contributed by atoms with Gasteiger partial charge in [0.15, 0.2) is 0 Å². The number of likely N-dealkylation sites (tertiary alicyclic amines) is 1. The van der Waals surface area contributed by atoms with Gasteiger partial charge in [-0.25, -0.2) is 0 Å². The van der Waals surface area contributed by atoms with Gasteiger partial charge < -0.3 is 20.5 Å². The Balaban J connectivity index is 2.00. The van der Waals surface area contributed by atoms with Gasteiger partial charge in [0.25, 0.3) is 0 Å². The fraction of sp³-hybridized carbons (Fsp3) is 0.900. The van der Waals surface area contributed by atoms with E-state index in [2.05, 4.69) is 0 Å². The van der Waals surface area contributed by atoms with Gasteiger partial charge in [0, 0.05) is 12.6 Å². The number of amides is 1. The maximum Gasteiger partial charge on any atom is 0.230 e.